The van der Waals surface area contributed by atoms with Crippen molar-refractivity contribution in [1.29, 1.82) is 0 Å². The van der Waals surface area contributed by atoms with Gasteiger partial charge in [-0.05, 0) is 83.5 Å². The summed E-state index contributed by atoms with van der Waals surface area (Å²) in [6, 6.07) is -0.805. The number of rotatable bonds is 48. The van der Waals surface area contributed by atoms with E-state index in [2.05, 4.69) is 129 Å². The third-order valence-electron chi connectivity index (χ3n) is 11.5. The lowest BCUT2D eigenvalue weighted by molar-refractivity contribution is -0.870. The molecule has 390 valence electrons. The molecule has 0 aliphatic rings. The zero-order valence-corrected chi connectivity index (χ0v) is 45.2. The Balaban J connectivity index is 3.95. The molecular formula is C59H103N2O6P. The first-order valence-corrected chi connectivity index (χ1v) is 28.7. The number of carbonyl (C=O) groups is 1. The molecule has 0 aliphatic heterocycles. The van der Waals surface area contributed by atoms with Crippen molar-refractivity contribution in [2.45, 2.75) is 219 Å². The lowest BCUT2D eigenvalue weighted by Crippen LogP contribution is -2.46. The first-order chi connectivity index (χ1) is 33.0. The molecule has 8 nitrogen and oxygen atoms in total. The summed E-state index contributed by atoms with van der Waals surface area (Å²) in [6.45, 7) is 4.53. The molecule has 0 spiro atoms. The van der Waals surface area contributed by atoms with E-state index in [0.29, 0.717) is 23.9 Å². The molecule has 68 heavy (non-hydrogen) atoms. The van der Waals surface area contributed by atoms with Gasteiger partial charge >= 0.3 is 0 Å². The molecule has 3 atom stereocenters. The molecule has 2 N–H and O–H groups in total. The van der Waals surface area contributed by atoms with Crippen LogP contribution in [0.15, 0.2) is 109 Å². The third kappa shape index (κ3) is 51.0. The van der Waals surface area contributed by atoms with Crippen LogP contribution in [0.2, 0.25) is 0 Å². The number of nitrogens with zero attached hydrogens (tertiary/aromatic N) is 1. The van der Waals surface area contributed by atoms with Crippen LogP contribution in [-0.2, 0) is 18.4 Å². The standard InChI is InChI=1S/C59H103N2O6P/c1-6-8-10-12-14-15-16-17-18-19-20-21-22-23-24-25-26-27-28-29-30-31-32-33-34-35-36-37-38-39-40-41-42-43-44-45-47-49-51-53-59(63)60-57(58(62)52-50-48-46-13-11-9-7-2)56-67-68(64,65)66-55-54-61(3,4)5/h8,10,14-15,17-18,20-21,23-24,26-27,29-30,32-33,35-36,57-58,62H,6-7,9,11-13,16,19,22,25,28,31,34,37-56H2,1-5H3,(H-,60,63,64,65)/b10-8-,15-14-,18-17-,21-20-,24-23-,27-26-,30-29-,33-32-,36-35-. The van der Waals surface area contributed by atoms with Crippen LogP contribution >= 0.6 is 7.82 Å². The van der Waals surface area contributed by atoms with E-state index in [4.69, 9.17) is 9.05 Å². The number of aliphatic hydroxyl groups excluding tert-OH is 1. The van der Waals surface area contributed by atoms with Gasteiger partial charge in [0.05, 0.1) is 39.9 Å². The molecule has 0 heterocycles. The van der Waals surface area contributed by atoms with E-state index in [-0.39, 0.29) is 19.1 Å². The van der Waals surface area contributed by atoms with Crippen LogP contribution in [0.1, 0.15) is 206 Å². The minimum atomic E-state index is -4.56. The predicted octanol–water partition coefficient (Wildman–Crippen LogP) is 15.8. The van der Waals surface area contributed by atoms with Gasteiger partial charge in [0, 0.05) is 6.42 Å². The number of allylic oxidation sites excluding steroid dienone is 18. The minimum absolute atomic E-state index is 0.00664. The summed E-state index contributed by atoms with van der Waals surface area (Å²) in [5.74, 6) is -0.177. The van der Waals surface area contributed by atoms with Gasteiger partial charge in [-0.3, -0.25) is 9.36 Å². The number of nitrogens with one attached hydrogen (secondary N) is 1. The second kappa shape index (κ2) is 49.2. The van der Waals surface area contributed by atoms with Gasteiger partial charge in [-0.1, -0.05) is 226 Å². The molecule has 0 aromatic heterocycles. The van der Waals surface area contributed by atoms with Gasteiger partial charge in [0.15, 0.2) is 0 Å². The summed E-state index contributed by atoms with van der Waals surface area (Å²) in [5, 5.41) is 13.8. The molecule has 0 aliphatic carbocycles. The van der Waals surface area contributed by atoms with Gasteiger partial charge < -0.3 is 28.8 Å². The normalized spacial score (nSPS) is 14.9. The fourth-order valence-electron chi connectivity index (χ4n) is 7.27. The number of hydrogen-bond donors (Lipinski definition) is 2. The lowest BCUT2D eigenvalue weighted by Gasteiger charge is -2.30. The van der Waals surface area contributed by atoms with Gasteiger partial charge in [0.25, 0.3) is 7.82 Å². The van der Waals surface area contributed by atoms with Crippen molar-refractivity contribution in [2.24, 2.45) is 0 Å². The van der Waals surface area contributed by atoms with E-state index < -0.39 is 20.0 Å². The Morgan fingerprint density at radius 3 is 1.31 bits per heavy atom. The lowest BCUT2D eigenvalue weighted by atomic mass is 10.0. The zero-order chi connectivity index (χ0) is 49.9. The van der Waals surface area contributed by atoms with Crippen molar-refractivity contribution in [3.8, 4) is 0 Å². The van der Waals surface area contributed by atoms with Crippen LogP contribution in [0.5, 0.6) is 0 Å². The highest BCUT2D eigenvalue weighted by molar-refractivity contribution is 7.45. The molecule has 0 aromatic carbocycles. The van der Waals surface area contributed by atoms with Crippen molar-refractivity contribution in [2.75, 3.05) is 40.9 Å². The summed E-state index contributed by atoms with van der Waals surface area (Å²) in [6.07, 6.45) is 71.5. The summed E-state index contributed by atoms with van der Waals surface area (Å²) >= 11 is 0. The maximum absolute atomic E-state index is 12.9. The number of aliphatic hydroxyl groups is 1. The number of phosphoric ester groups is 1. The zero-order valence-electron chi connectivity index (χ0n) is 44.3. The minimum Gasteiger partial charge on any atom is -0.756 e. The SMILES string of the molecule is CC/C=C\C/C=C\C/C=C\C/C=C\C/C=C\C/C=C\C/C=C\C/C=C\C/C=C\CCCCCCCCCCCCCC(=O)NC(COP(=O)([O-])OCC[N+](C)(C)C)C(O)CCCCCCCCC. The Hall–Kier alpha value is -2.84. The fraction of sp³-hybridized carbons (Fsp3) is 0.678. The van der Waals surface area contributed by atoms with Crippen LogP contribution < -0.4 is 10.2 Å². The highest BCUT2D eigenvalue weighted by Gasteiger charge is 2.24. The molecule has 1 amide bonds. The van der Waals surface area contributed by atoms with Gasteiger partial charge in [0.2, 0.25) is 5.91 Å². The van der Waals surface area contributed by atoms with E-state index in [1.54, 1.807) is 0 Å². The van der Waals surface area contributed by atoms with Crippen molar-refractivity contribution < 1.29 is 32.9 Å². The topological polar surface area (TPSA) is 108 Å². The number of carbonyl (C=O) groups excluding carboxylic acids is 1. The van der Waals surface area contributed by atoms with Crippen LogP contribution in [-0.4, -0.2) is 68.5 Å². The maximum Gasteiger partial charge on any atom is 0.268 e. The first kappa shape index (κ1) is 65.2. The number of phosphoric acid groups is 1. The number of hydrogen-bond acceptors (Lipinski definition) is 6. The molecule has 0 bridgehead atoms. The average molecular weight is 967 g/mol. The van der Waals surface area contributed by atoms with Crippen LogP contribution in [0.3, 0.4) is 0 Å². The maximum atomic E-state index is 12.9. The Bertz CT molecular complexity index is 1470. The largest absolute Gasteiger partial charge is 0.756 e. The number of likely N-dealkylation sites (N-methyl/N-ethyl adjacent to an activating group) is 1. The fourth-order valence-corrected chi connectivity index (χ4v) is 7.99. The first-order valence-electron chi connectivity index (χ1n) is 27.2. The van der Waals surface area contributed by atoms with Gasteiger partial charge in [-0.2, -0.15) is 0 Å². The Morgan fingerprint density at radius 2 is 0.897 bits per heavy atom. The second-order valence-corrected chi connectivity index (χ2v) is 20.6. The van der Waals surface area contributed by atoms with Gasteiger partial charge in [-0.25, -0.2) is 0 Å². The number of amides is 1. The third-order valence-corrected chi connectivity index (χ3v) is 12.5. The number of unbranched alkanes of at least 4 members (excludes halogenated alkanes) is 17. The van der Waals surface area contributed by atoms with E-state index in [1.165, 1.54) is 83.5 Å². The smallest absolute Gasteiger partial charge is 0.268 e. The van der Waals surface area contributed by atoms with Crippen LogP contribution in [0.4, 0.5) is 0 Å². The predicted molar refractivity (Wildman–Crippen MR) is 292 cm³/mol. The Labute approximate surface area is 419 Å². The summed E-state index contributed by atoms with van der Waals surface area (Å²) < 4.78 is 23.2. The van der Waals surface area contributed by atoms with Gasteiger partial charge in [-0.15, -0.1) is 0 Å². The molecule has 3 unspecified atom stereocenters. The van der Waals surface area contributed by atoms with Crippen molar-refractivity contribution in [1.82, 2.24) is 5.32 Å². The average Bonchev–Trinajstić information content (AvgIpc) is 3.30. The monoisotopic (exact) mass is 967 g/mol. The highest BCUT2D eigenvalue weighted by Crippen LogP contribution is 2.38. The van der Waals surface area contributed by atoms with E-state index in [9.17, 15) is 19.4 Å². The van der Waals surface area contributed by atoms with E-state index >= 15 is 0 Å². The summed E-state index contributed by atoms with van der Waals surface area (Å²) in [7, 11) is 1.29. The Kier molecular flexibility index (Phi) is 47.1. The van der Waals surface area contributed by atoms with E-state index in [0.717, 1.165) is 96.3 Å². The van der Waals surface area contributed by atoms with Crippen molar-refractivity contribution >= 4 is 13.7 Å². The summed E-state index contributed by atoms with van der Waals surface area (Å²) in [5.41, 5.74) is 0. The molecule has 0 aromatic rings. The van der Waals surface area contributed by atoms with Crippen LogP contribution in [0, 0.1) is 0 Å². The van der Waals surface area contributed by atoms with Crippen molar-refractivity contribution in [3.63, 3.8) is 0 Å². The van der Waals surface area contributed by atoms with Crippen LogP contribution in [0.25, 0.3) is 0 Å². The Morgan fingerprint density at radius 1 is 0.529 bits per heavy atom. The second-order valence-electron chi connectivity index (χ2n) is 19.2. The molecule has 0 rings (SSSR count). The van der Waals surface area contributed by atoms with E-state index in [1.807, 2.05) is 21.1 Å². The quantitative estimate of drug-likeness (QED) is 0.0272. The highest BCUT2D eigenvalue weighted by atomic mass is 31.2. The number of quaternary nitrogens is 1. The molecule has 0 saturated heterocycles. The van der Waals surface area contributed by atoms with Gasteiger partial charge in [0.1, 0.15) is 13.2 Å². The summed E-state index contributed by atoms with van der Waals surface area (Å²) in [4.78, 5) is 25.3. The molecular weight excluding hydrogens is 864 g/mol. The molecule has 0 radical (unpaired) electrons. The van der Waals surface area contributed by atoms with Crippen molar-refractivity contribution in [3.05, 3.63) is 109 Å². The molecule has 0 saturated carbocycles. The molecule has 0 fully saturated rings. The molecule has 9 heteroatoms.